The van der Waals surface area contributed by atoms with E-state index in [1.54, 1.807) is 12.3 Å². The summed E-state index contributed by atoms with van der Waals surface area (Å²) in [5, 5.41) is 3.34. The number of aromatic nitrogens is 1. The molecule has 3 N–H and O–H groups in total. The molecule has 0 saturated heterocycles. The van der Waals surface area contributed by atoms with E-state index in [2.05, 4.69) is 9.88 Å². The number of pyridine rings is 1. The first kappa shape index (κ1) is 16.6. The van der Waals surface area contributed by atoms with Gasteiger partial charge in [0.15, 0.2) is 0 Å². The molecule has 0 aliphatic heterocycles. The second kappa shape index (κ2) is 5.96. The number of rotatable bonds is 2. The van der Waals surface area contributed by atoms with Gasteiger partial charge in [0.1, 0.15) is 5.56 Å². The van der Waals surface area contributed by atoms with Crippen molar-refractivity contribution in [2.75, 3.05) is 5.73 Å². The summed E-state index contributed by atoms with van der Waals surface area (Å²) in [6.45, 7) is 5.70. The van der Waals surface area contributed by atoms with E-state index in [9.17, 15) is 9.59 Å². The molecule has 2 aromatic rings. The van der Waals surface area contributed by atoms with Crippen LogP contribution in [-0.2, 0) is 0 Å². The molecule has 1 aromatic carbocycles. The number of carbonyl (C=O) groups is 1. The van der Waals surface area contributed by atoms with Gasteiger partial charge in [0, 0.05) is 23.5 Å². The van der Waals surface area contributed by atoms with E-state index in [1.807, 2.05) is 32.9 Å². The predicted molar refractivity (Wildman–Crippen MR) is 97.3 cm³/mol. The number of carbonyl (C=O) groups excluding carboxylic acids is 1. The molecule has 1 aliphatic carbocycles. The van der Waals surface area contributed by atoms with Crippen molar-refractivity contribution in [1.29, 1.82) is 0 Å². The van der Waals surface area contributed by atoms with E-state index < -0.39 is 5.54 Å². The Hall–Kier alpha value is -2.30. The van der Waals surface area contributed by atoms with Gasteiger partial charge in [-0.05, 0) is 45.7 Å². The smallest absolute Gasteiger partial charge is 0.257 e. The minimum Gasteiger partial charge on any atom is -0.398 e. The van der Waals surface area contributed by atoms with Crippen molar-refractivity contribution in [3.8, 4) is 0 Å². The zero-order valence-electron chi connectivity index (χ0n) is 14.6. The van der Waals surface area contributed by atoms with Crippen LogP contribution in [0.25, 0.3) is 10.9 Å². The molecule has 1 saturated carbocycles. The SMILES string of the molecule is CC(C)(C)NC(=O)c1cn(C2CCCC2)c2cccc(N)c2c1=O. The van der Waals surface area contributed by atoms with Gasteiger partial charge >= 0.3 is 0 Å². The number of amides is 1. The van der Waals surface area contributed by atoms with Crippen molar-refractivity contribution in [3.05, 3.63) is 40.2 Å². The molecule has 1 heterocycles. The minimum atomic E-state index is -0.404. The van der Waals surface area contributed by atoms with E-state index in [1.165, 1.54) is 12.8 Å². The molecule has 5 heteroatoms. The van der Waals surface area contributed by atoms with Gasteiger partial charge in [0.25, 0.3) is 5.91 Å². The van der Waals surface area contributed by atoms with Crippen LogP contribution in [0.5, 0.6) is 0 Å². The van der Waals surface area contributed by atoms with Crippen molar-refractivity contribution in [1.82, 2.24) is 9.88 Å². The Bertz CT molecular complexity index is 840. The lowest BCUT2D eigenvalue weighted by atomic mass is 10.0. The van der Waals surface area contributed by atoms with Crippen molar-refractivity contribution in [3.63, 3.8) is 0 Å². The summed E-state index contributed by atoms with van der Waals surface area (Å²) in [6, 6.07) is 5.80. The topological polar surface area (TPSA) is 77.1 Å². The number of nitrogens with zero attached hydrogens (tertiary/aromatic N) is 1. The van der Waals surface area contributed by atoms with E-state index in [-0.39, 0.29) is 16.9 Å². The second-order valence-corrected chi connectivity index (χ2v) is 7.66. The Kier molecular flexibility index (Phi) is 4.11. The highest BCUT2D eigenvalue weighted by Crippen LogP contribution is 2.32. The molecule has 1 aliphatic rings. The number of fused-ring (bicyclic) bond motifs is 1. The van der Waals surface area contributed by atoms with E-state index in [4.69, 9.17) is 5.73 Å². The number of nitrogens with two attached hydrogens (primary N) is 1. The lowest BCUT2D eigenvalue weighted by Crippen LogP contribution is -2.42. The van der Waals surface area contributed by atoms with Gasteiger partial charge in [-0.3, -0.25) is 9.59 Å². The maximum absolute atomic E-state index is 12.9. The number of anilines is 1. The highest BCUT2D eigenvalue weighted by atomic mass is 16.2. The summed E-state index contributed by atoms with van der Waals surface area (Å²) >= 11 is 0. The third-order valence-electron chi connectivity index (χ3n) is 4.54. The average Bonchev–Trinajstić information content (AvgIpc) is 2.99. The van der Waals surface area contributed by atoms with E-state index >= 15 is 0 Å². The first-order chi connectivity index (χ1) is 11.3. The molecule has 0 radical (unpaired) electrons. The van der Waals surface area contributed by atoms with Gasteiger partial charge in [-0.2, -0.15) is 0 Å². The lowest BCUT2D eigenvalue weighted by Gasteiger charge is -2.23. The molecular formula is C19H25N3O2. The van der Waals surface area contributed by atoms with Crippen LogP contribution in [-0.4, -0.2) is 16.0 Å². The number of nitrogen functional groups attached to an aromatic ring is 1. The van der Waals surface area contributed by atoms with Crippen LogP contribution in [0.4, 0.5) is 5.69 Å². The fraction of sp³-hybridized carbons (Fsp3) is 0.474. The Morgan fingerprint density at radius 2 is 1.92 bits per heavy atom. The molecule has 1 aromatic heterocycles. The van der Waals surface area contributed by atoms with Gasteiger partial charge in [-0.25, -0.2) is 0 Å². The van der Waals surface area contributed by atoms with Gasteiger partial charge in [0.05, 0.1) is 10.9 Å². The second-order valence-electron chi connectivity index (χ2n) is 7.66. The van der Waals surface area contributed by atoms with Gasteiger partial charge in [-0.15, -0.1) is 0 Å². The number of hydrogen-bond acceptors (Lipinski definition) is 3. The molecule has 0 spiro atoms. The maximum atomic E-state index is 12.9. The first-order valence-electron chi connectivity index (χ1n) is 8.54. The molecule has 24 heavy (non-hydrogen) atoms. The fourth-order valence-electron chi connectivity index (χ4n) is 3.48. The number of benzene rings is 1. The van der Waals surface area contributed by atoms with Gasteiger partial charge < -0.3 is 15.6 Å². The fourth-order valence-corrected chi connectivity index (χ4v) is 3.48. The summed E-state index contributed by atoms with van der Waals surface area (Å²) in [5.41, 5.74) is 6.79. The summed E-state index contributed by atoms with van der Waals surface area (Å²) < 4.78 is 2.08. The van der Waals surface area contributed by atoms with Crippen molar-refractivity contribution in [2.45, 2.75) is 58.0 Å². The third kappa shape index (κ3) is 3.03. The molecule has 1 amide bonds. The van der Waals surface area contributed by atoms with Crippen LogP contribution >= 0.6 is 0 Å². The summed E-state index contributed by atoms with van der Waals surface area (Å²) in [5.74, 6) is -0.343. The lowest BCUT2D eigenvalue weighted by molar-refractivity contribution is 0.0918. The van der Waals surface area contributed by atoms with Crippen molar-refractivity contribution in [2.24, 2.45) is 0 Å². The molecule has 0 bridgehead atoms. The third-order valence-corrected chi connectivity index (χ3v) is 4.54. The molecule has 1 fully saturated rings. The highest BCUT2D eigenvalue weighted by Gasteiger charge is 2.24. The molecule has 0 unspecified atom stereocenters. The average molecular weight is 327 g/mol. The predicted octanol–water partition coefficient (Wildman–Crippen LogP) is 3.23. The Balaban J connectivity index is 2.23. The minimum absolute atomic E-state index is 0.169. The van der Waals surface area contributed by atoms with Crippen LogP contribution in [0.15, 0.2) is 29.2 Å². The number of hydrogen-bond donors (Lipinski definition) is 2. The summed E-state index contributed by atoms with van der Waals surface area (Å²) in [7, 11) is 0. The normalized spacial score (nSPS) is 15.8. The summed E-state index contributed by atoms with van der Waals surface area (Å²) in [6.07, 6.45) is 6.19. The molecule has 0 atom stereocenters. The molecule has 5 nitrogen and oxygen atoms in total. The molecule has 3 rings (SSSR count). The molecule has 128 valence electrons. The Morgan fingerprint density at radius 1 is 1.25 bits per heavy atom. The Morgan fingerprint density at radius 3 is 2.54 bits per heavy atom. The monoisotopic (exact) mass is 327 g/mol. The van der Waals surface area contributed by atoms with Crippen LogP contribution in [0.2, 0.25) is 0 Å². The van der Waals surface area contributed by atoms with Gasteiger partial charge in [0.2, 0.25) is 5.43 Å². The maximum Gasteiger partial charge on any atom is 0.257 e. The molecular weight excluding hydrogens is 302 g/mol. The zero-order valence-corrected chi connectivity index (χ0v) is 14.6. The van der Waals surface area contributed by atoms with Crippen LogP contribution in [0, 0.1) is 0 Å². The standard InChI is InChI=1S/C19H25N3O2/c1-19(2,3)21-18(24)13-11-22(12-7-4-5-8-12)15-10-6-9-14(20)16(15)17(13)23/h6,9-12H,4-5,7-8,20H2,1-3H3,(H,21,24). The quantitative estimate of drug-likeness (QED) is 0.831. The number of nitrogens with one attached hydrogen (secondary N) is 1. The highest BCUT2D eigenvalue weighted by molar-refractivity contribution is 6.00. The van der Waals surface area contributed by atoms with E-state index in [0.717, 1.165) is 18.4 Å². The first-order valence-corrected chi connectivity index (χ1v) is 8.54. The van der Waals surface area contributed by atoms with E-state index in [0.29, 0.717) is 17.1 Å². The van der Waals surface area contributed by atoms with Gasteiger partial charge in [-0.1, -0.05) is 18.9 Å². The Labute approximate surface area is 141 Å². The van der Waals surface area contributed by atoms with Crippen molar-refractivity contribution < 1.29 is 4.79 Å². The van der Waals surface area contributed by atoms with Crippen LogP contribution < -0.4 is 16.5 Å². The largest absolute Gasteiger partial charge is 0.398 e. The van der Waals surface area contributed by atoms with Crippen molar-refractivity contribution >= 4 is 22.5 Å². The van der Waals surface area contributed by atoms with Crippen LogP contribution in [0.1, 0.15) is 62.9 Å². The van der Waals surface area contributed by atoms with Crippen LogP contribution in [0.3, 0.4) is 0 Å². The zero-order chi connectivity index (χ0) is 17.5. The summed E-state index contributed by atoms with van der Waals surface area (Å²) in [4.78, 5) is 25.5.